The first kappa shape index (κ1) is 21.9. The van der Waals surface area contributed by atoms with E-state index in [4.69, 9.17) is 9.16 Å². The highest BCUT2D eigenvalue weighted by Crippen LogP contribution is 2.39. The Morgan fingerprint density at radius 3 is 2.24 bits per heavy atom. The van der Waals surface area contributed by atoms with Crippen LogP contribution in [0.1, 0.15) is 54.4 Å². The van der Waals surface area contributed by atoms with Crippen molar-refractivity contribution in [2.45, 2.75) is 90.3 Å². The van der Waals surface area contributed by atoms with E-state index < -0.39 is 20.0 Å². The molecule has 25 heavy (non-hydrogen) atoms. The number of carbonyl (C=O) groups is 1. The van der Waals surface area contributed by atoms with Crippen LogP contribution in [0.4, 0.5) is 4.79 Å². The second-order valence-corrected chi connectivity index (χ2v) is 14.1. The van der Waals surface area contributed by atoms with E-state index in [0.717, 1.165) is 0 Å². The quantitative estimate of drug-likeness (QED) is 0.412. The van der Waals surface area contributed by atoms with Crippen LogP contribution in [0.5, 0.6) is 0 Å². The number of hydrogen-bond acceptors (Lipinski definition) is 5. The van der Waals surface area contributed by atoms with Gasteiger partial charge in [-0.2, -0.15) is 0 Å². The average Bonchev–Trinajstić information content (AvgIpc) is 2.75. The van der Waals surface area contributed by atoms with Gasteiger partial charge in [-0.25, -0.2) is 4.79 Å². The molecule has 1 fully saturated rings. The Balaban J connectivity index is 2.86. The van der Waals surface area contributed by atoms with Crippen LogP contribution in [0.2, 0.25) is 18.1 Å². The molecule has 0 N–H and O–H groups in total. The summed E-state index contributed by atoms with van der Waals surface area (Å²) in [5, 5.41) is 10.8. The first-order valence-electron chi connectivity index (χ1n) is 8.91. The summed E-state index contributed by atoms with van der Waals surface area (Å²) in [4.78, 5) is 24.5. The van der Waals surface area contributed by atoms with E-state index in [-0.39, 0.29) is 28.7 Å². The monoisotopic (exact) mass is 374 g/mol. The molecule has 0 aromatic carbocycles. The van der Waals surface area contributed by atoms with Crippen LogP contribution in [0.3, 0.4) is 0 Å². The van der Waals surface area contributed by atoms with Gasteiger partial charge in [0.05, 0.1) is 6.10 Å². The van der Waals surface area contributed by atoms with E-state index in [1.807, 2.05) is 20.8 Å². The minimum Gasteiger partial charge on any atom is -0.444 e. The Hall–Kier alpha value is -1.15. The maximum Gasteiger partial charge on any atom is 0.410 e. The van der Waals surface area contributed by atoms with Crippen molar-refractivity contribution >= 4 is 14.4 Å². The Morgan fingerprint density at radius 2 is 1.80 bits per heavy atom. The van der Waals surface area contributed by atoms with Crippen molar-refractivity contribution in [1.29, 1.82) is 0 Å². The van der Waals surface area contributed by atoms with E-state index in [0.29, 0.717) is 19.4 Å². The Labute approximate surface area is 152 Å². The number of nitrogens with zero attached hydrogens (tertiary/aromatic N) is 2. The molecular weight excluding hydrogens is 340 g/mol. The van der Waals surface area contributed by atoms with E-state index in [1.165, 1.54) is 0 Å². The third-order valence-corrected chi connectivity index (χ3v) is 9.45. The molecule has 1 saturated heterocycles. The number of rotatable bonds is 5. The first-order valence-corrected chi connectivity index (χ1v) is 11.8. The van der Waals surface area contributed by atoms with Crippen LogP contribution in [-0.4, -0.2) is 55.1 Å². The number of amides is 1. The number of ether oxygens (including phenoxy) is 1. The first-order chi connectivity index (χ1) is 11.1. The van der Waals surface area contributed by atoms with Crippen molar-refractivity contribution in [1.82, 2.24) is 4.90 Å². The van der Waals surface area contributed by atoms with Gasteiger partial charge in [-0.15, -0.1) is 0 Å². The van der Waals surface area contributed by atoms with Gasteiger partial charge in [-0.05, 0) is 45.3 Å². The second-order valence-electron chi connectivity index (χ2n) is 9.37. The fraction of sp³-hybridized carbons (Fsp3) is 0.941. The molecule has 1 heterocycles. The van der Waals surface area contributed by atoms with Crippen molar-refractivity contribution in [3.8, 4) is 0 Å². The SMILES string of the molecule is CC(C)(C)OC(=O)N1C[C@H](O[Si](C)(C)C(C)(C)C)C[C@H]1CC[N+](=O)[O-]. The number of carbonyl (C=O) groups excluding carboxylic acids is 1. The van der Waals surface area contributed by atoms with Crippen LogP contribution in [0.25, 0.3) is 0 Å². The third-order valence-electron chi connectivity index (χ3n) is 4.92. The fourth-order valence-electron chi connectivity index (χ4n) is 2.62. The Kier molecular flexibility index (Phi) is 6.67. The maximum atomic E-state index is 12.5. The summed E-state index contributed by atoms with van der Waals surface area (Å²) in [5.41, 5.74) is -0.594. The minimum atomic E-state index is -1.97. The molecule has 0 aromatic heterocycles. The van der Waals surface area contributed by atoms with Gasteiger partial charge in [0.15, 0.2) is 8.32 Å². The molecule has 1 aliphatic heterocycles. The molecule has 1 rings (SSSR count). The lowest BCUT2D eigenvalue weighted by Crippen LogP contribution is -2.45. The minimum absolute atomic E-state index is 0.0721. The van der Waals surface area contributed by atoms with Crippen LogP contribution >= 0.6 is 0 Å². The van der Waals surface area contributed by atoms with Gasteiger partial charge in [0, 0.05) is 23.9 Å². The number of likely N-dealkylation sites (tertiary alicyclic amines) is 1. The molecule has 0 unspecified atom stereocenters. The van der Waals surface area contributed by atoms with Crippen molar-refractivity contribution in [2.24, 2.45) is 0 Å². The molecule has 0 spiro atoms. The van der Waals surface area contributed by atoms with Gasteiger partial charge in [-0.1, -0.05) is 20.8 Å². The largest absolute Gasteiger partial charge is 0.444 e. The van der Waals surface area contributed by atoms with Crippen molar-refractivity contribution < 1.29 is 18.9 Å². The predicted molar refractivity (Wildman–Crippen MR) is 99.9 cm³/mol. The molecule has 0 aliphatic carbocycles. The molecule has 1 amide bonds. The zero-order chi connectivity index (χ0) is 19.6. The van der Waals surface area contributed by atoms with E-state index in [9.17, 15) is 14.9 Å². The summed E-state index contributed by atoms with van der Waals surface area (Å²) in [6.07, 6.45) is 0.441. The van der Waals surface area contributed by atoms with E-state index in [1.54, 1.807) is 4.90 Å². The lowest BCUT2D eigenvalue weighted by molar-refractivity contribution is -0.481. The lowest BCUT2D eigenvalue weighted by Gasteiger charge is -2.38. The highest BCUT2D eigenvalue weighted by atomic mass is 28.4. The van der Waals surface area contributed by atoms with Gasteiger partial charge in [-0.3, -0.25) is 10.1 Å². The normalized spacial score (nSPS) is 22.2. The molecule has 0 radical (unpaired) electrons. The van der Waals surface area contributed by atoms with Crippen LogP contribution in [0, 0.1) is 10.1 Å². The Morgan fingerprint density at radius 1 is 1.24 bits per heavy atom. The summed E-state index contributed by atoms with van der Waals surface area (Å²) in [7, 11) is -1.97. The third kappa shape index (κ3) is 6.58. The molecule has 0 bridgehead atoms. The fourth-order valence-corrected chi connectivity index (χ4v) is 3.98. The van der Waals surface area contributed by atoms with Gasteiger partial charge in [0.25, 0.3) is 0 Å². The van der Waals surface area contributed by atoms with Gasteiger partial charge < -0.3 is 14.1 Å². The summed E-state index contributed by atoms with van der Waals surface area (Å²) in [6.45, 7) is 16.6. The van der Waals surface area contributed by atoms with Gasteiger partial charge >= 0.3 is 6.09 Å². The van der Waals surface area contributed by atoms with E-state index >= 15 is 0 Å². The van der Waals surface area contributed by atoms with Crippen molar-refractivity contribution in [2.75, 3.05) is 13.1 Å². The summed E-state index contributed by atoms with van der Waals surface area (Å²) in [5.74, 6) is 0. The lowest BCUT2D eigenvalue weighted by atomic mass is 10.1. The standard InChI is InChI=1S/C17H34N2O5Si/c1-16(2,3)23-15(20)18-12-14(11-13(18)9-10-19(21)22)24-25(7,8)17(4,5)6/h13-14H,9-12H2,1-8H3/t13-,14-/m1/s1. The Bertz CT molecular complexity index is 496. The van der Waals surface area contributed by atoms with Crippen molar-refractivity contribution in [3.05, 3.63) is 10.1 Å². The summed E-state index contributed by atoms with van der Waals surface area (Å²) < 4.78 is 11.9. The zero-order valence-electron chi connectivity index (χ0n) is 16.9. The number of nitro groups is 1. The van der Waals surface area contributed by atoms with Gasteiger partial charge in [0.2, 0.25) is 6.54 Å². The zero-order valence-corrected chi connectivity index (χ0v) is 17.9. The summed E-state index contributed by atoms with van der Waals surface area (Å²) >= 11 is 0. The average molecular weight is 375 g/mol. The molecule has 2 atom stereocenters. The number of hydrogen-bond donors (Lipinski definition) is 0. The maximum absolute atomic E-state index is 12.5. The highest BCUT2D eigenvalue weighted by molar-refractivity contribution is 6.74. The van der Waals surface area contributed by atoms with Crippen LogP contribution in [-0.2, 0) is 9.16 Å². The molecule has 0 aromatic rings. The summed E-state index contributed by atoms with van der Waals surface area (Å²) in [6, 6.07) is -0.213. The van der Waals surface area contributed by atoms with Gasteiger partial charge in [0.1, 0.15) is 5.60 Å². The molecule has 8 heteroatoms. The van der Waals surface area contributed by atoms with Crippen LogP contribution < -0.4 is 0 Å². The highest BCUT2D eigenvalue weighted by Gasteiger charge is 2.44. The second kappa shape index (κ2) is 7.61. The molecule has 7 nitrogen and oxygen atoms in total. The smallest absolute Gasteiger partial charge is 0.410 e. The topological polar surface area (TPSA) is 81.9 Å². The predicted octanol–water partition coefficient (Wildman–Crippen LogP) is 4.05. The molecule has 1 aliphatic rings. The van der Waals surface area contributed by atoms with Crippen LogP contribution in [0.15, 0.2) is 0 Å². The molecule has 146 valence electrons. The molecule has 0 saturated carbocycles. The van der Waals surface area contributed by atoms with Crippen molar-refractivity contribution in [3.63, 3.8) is 0 Å². The molecular formula is C17H34N2O5Si. The van der Waals surface area contributed by atoms with E-state index in [2.05, 4.69) is 33.9 Å².